The highest BCUT2D eigenvalue weighted by Gasteiger charge is 2.59. The lowest BCUT2D eigenvalue weighted by Gasteiger charge is -2.28. The lowest BCUT2D eigenvalue weighted by atomic mass is 10.5. The van der Waals surface area contributed by atoms with E-state index in [-0.39, 0.29) is 6.54 Å². The van der Waals surface area contributed by atoms with Crippen molar-refractivity contribution in [3.8, 4) is 0 Å². The van der Waals surface area contributed by atoms with Crippen molar-refractivity contribution in [1.82, 2.24) is 4.90 Å². The SMILES string of the molecule is CCN(CC)CCOC(F)(F)C(F)(F)S(=O)[O-]. The molecule has 0 saturated carbocycles. The number of alkyl halides is 4. The number of rotatable bonds is 8. The molecule has 17 heavy (non-hydrogen) atoms. The first-order valence-corrected chi connectivity index (χ1v) is 5.97. The maximum atomic E-state index is 12.7. The molecule has 0 aliphatic carbocycles. The highest BCUT2D eigenvalue weighted by molar-refractivity contribution is 7.80. The number of hydrogen-bond donors (Lipinski definition) is 0. The molecular formula is C8H14F4NO3S-. The van der Waals surface area contributed by atoms with Gasteiger partial charge in [-0.2, -0.15) is 17.6 Å². The van der Waals surface area contributed by atoms with Crippen molar-refractivity contribution < 1.29 is 31.1 Å². The van der Waals surface area contributed by atoms with Gasteiger partial charge < -0.3 is 14.2 Å². The summed E-state index contributed by atoms with van der Waals surface area (Å²) in [6, 6.07) is 0. The molecule has 0 amide bonds. The van der Waals surface area contributed by atoms with E-state index < -0.39 is 29.1 Å². The van der Waals surface area contributed by atoms with Gasteiger partial charge in [-0.1, -0.05) is 13.8 Å². The van der Waals surface area contributed by atoms with E-state index in [1.165, 1.54) is 0 Å². The minimum absolute atomic E-state index is 0.0180. The predicted molar refractivity (Wildman–Crippen MR) is 52.6 cm³/mol. The fraction of sp³-hybridized carbons (Fsp3) is 1.00. The van der Waals surface area contributed by atoms with Crippen molar-refractivity contribution in [3.05, 3.63) is 0 Å². The van der Waals surface area contributed by atoms with E-state index in [4.69, 9.17) is 0 Å². The van der Waals surface area contributed by atoms with E-state index in [1.54, 1.807) is 18.7 Å². The van der Waals surface area contributed by atoms with Crippen LogP contribution in [0.4, 0.5) is 17.6 Å². The molecule has 0 aromatic carbocycles. The Hall–Kier alpha value is -0.250. The van der Waals surface area contributed by atoms with Crippen molar-refractivity contribution in [2.24, 2.45) is 0 Å². The number of ether oxygens (including phenoxy) is 1. The first-order chi connectivity index (χ1) is 7.69. The zero-order valence-corrected chi connectivity index (χ0v) is 10.2. The first kappa shape index (κ1) is 16.8. The second kappa shape index (κ2) is 6.62. The van der Waals surface area contributed by atoms with Crippen LogP contribution in [-0.2, 0) is 15.8 Å². The minimum Gasteiger partial charge on any atom is -0.768 e. The fourth-order valence-electron chi connectivity index (χ4n) is 1.02. The fourth-order valence-corrected chi connectivity index (χ4v) is 1.28. The Morgan fingerprint density at radius 3 is 2.06 bits per heavy atom. The Labute approximate surface area is 99.2 Å². The highest BCUT2D eigenvalue weighted by atomic mass is 32.2. The van der Waals surface area contributed by atoms with Gasteiger partial charge in [-0.3, -0.25) is 4.21 Å². The van der Waals surface area contributed by atoms with Gasteiger partial charge >= 0.3 is 11.4 Å². The summed E-state index contributed by atoms with van der Waals surface area (Å²) in [6.07, 6.45) is -5.02. The molecule has 0 rings (SSSR count). The van der Waals surface area contributed by atoms with Gasteiger partial charge in [0.05, 0.1) is 6.61 Å². The molecule has 0 aromatic rings. The lowest BCUT2D eigenvalue weighted by molar-refractivity contribution is -0.317. The van der Waals surface area contributed by atoms with E-state index in [0.717, 1.165) is 0 Å². The summed E-state index contributed by atoms with van der Waals surface area (Å²) in [5.74, 6) is 0. The van der Waals surface area contributed by atoms with Crippen LogP contribution < -0.4 is 0 Å². The maximum absolute atomic E-state index is 12.7. The van der Waals surface area contributed by atoms with Crippen LogP contribution >= 0.6 is 0 Å². The molecule has 0 aromatic heterocycles. The Morgan fingerprint density at radius 1 is 1.24 bits per heavy atom. The van der Waals surface area contributed by atoms with Crippen molar-refractivity contribution >= 4 is 11.1 Å². The van der Waals surface area contributed by atoms with E-state index >= 15 is 0 Å². The van der Waals surface area contributed by atoms with Gasteiger partial charge in [0.1, 0.15) is 0 Å². The minimum atomic E-state index is -5.23. The quantitative estimate of drug-likeness (QED) is 0.498. The third-order valence-corrected chi connectivity index (χ3v) is 2.79. The predicted octanol–water partition coefficient (Wildman–Crippen LogP) is 1.41. The van der Waals surface area contributed by atoms with Gasteiger partial charge in [-0.05, 0) is 13.1 Å². The standard InChI is InChI=1S/C8H15F4NO3S/c1-3-13(4-2)5-6-16-7(9,10)8(11,12)17(14)15/h3-6H2,1-2H3,(H,14,15)/p-1. The largest absolute Gasteiger partial charge is 0.768 e. The molecule has 0 bridgehead atoms. The summed E-state index contributed by atoms with van der Waals surface area (Å²) in [7, 11) is 0. The van der Waals surface area contributed by atoms with Gasteiger partial charge in [0.2, 0.25) is 0 Å². The van der Waals surface area contributed by atoms with Crippen LogP contribution in [0.3, 0.4) is 0 Å². The average molecular weight is 280 g/mol. The third kappa shape index (κ3) is 4.49. The molecule has 0 saturated heterocycles. The first-order valence-electron chi connectivity index (χ1n) is 4.90. The van der Waals surface area contributed by atoms with E-state index in [9.17, 15) is 26.3 Å². The summed E-state index contributed by atoms with van der Waals surface area (Å²) >= 11 is -4.24. The van der Waals surface area contributed by atoms with Crippen molar-refractivity contribution in [2.75, 3.05) is 26.2 Å². The third-order valence-electron chi connectivity index (χ3n) is 2.13. The van der Waals surface area contributed by atoms with Crippen LogP contribution in [0.25, 0.3) is 0 Å². The number of halogens is 4. The normalized spacial score (nSPS) is 15.3. The molecule has 4 nitrogen and oxygen atoms in total. The maximum Gasteiger partial charge on any atom is 0.431 e. The summed E-state index contributed by atoms with van der Waals surface area (Å²) < 4.78 is 74.1. The number of nitrogens with zero attached hydrogens (tertiary/aromatic N) is 1. The zero-order valence-electron chi connectivity index (χ0n) is 9.42. The molecule has 1 unspecified atom stereocenters. The van der Waals surface area contributed by atoms with Crippen molar-refractivity contribution in [2.45, 2.75) is 25.2 Å². The zero-order chi connectivity index (χ0) is 13.7. The molecule has 0 aliphatic rings. The van der Waals surface area contributed by atoms with Gasteiger partial charge in [-0.25, -0.2) is 0 Å². The highest BCUT2D eigenvalue weighted by Crippen LogP contribution is 2.37. The molecule has 0 heterocycles. The van der Waals surface area contributed by atoms with Gasteiger partial charge in [0.15, 0.2) is 0 Å². The molecule has 0 aliphatic heterocycles. The van der Waals surface area contributed by atoms with Crippen LogP contribution in [0.1, 0.15) is 13.8 Å². The second-order valence-electron chi connectivity index (χ2n) is 3.14. The molecule has 0 fully saturated rings. The van der Waals surface area contributed by atoms with Crippen molar-refractivity contribution in [3.63, 3.8) is 0 Å². The van der Waals surface area contributed by atoms with Gasteiger partial charge in [0, 0.05) is 17.6 Å². The molecule has 9 heteroatoms. The Kier molecular flexibility index (Phi) is 6.52. The van der Waals surface area contributed by atoms with Crippen molar-refractivity contribution in [1.29, 1.82) is 0 Å². The monoisotopic (exact) mass is 280 g/mol. The molecule has 104 valence electrons. The molecule has 0 N–H and O–H groups in total. The second-order valence-corrected chi connectivity index (χ2v) is 4.13. The van der Waals surface area contributed by atoms with E-state index in [1.807, 2.05) is 0 Å². The number of hydrogen-bond acceptors (Lipinski definition) is 4. The van der Waals surface area contributed by atoms with Crippen LogP contribution in [0, 0.1) is 0 Å². The van der Waals surface area contributed by atoms with E-state index in [2.05, 4.69) is 4.74 Å². The molecule has 0 radical (unpaired) electrons. The smallest absolute Gasteiger partial charge is 0.431 e. The molecular weight excluding hydrogens is 266 g/mol. The van der Waals surface area contributed by atoms with Gasteiger partial charge in [-0.15, -0.1) is 0 Å². The van der Waals surface area contributed by atoms with E-state index in [0.29, 0.717) is 13.1 Å². The summed E-state index contributed by atoms with van der Waals surface area (Å²) in [6.45, 7) is 3.97. The average Bonchev–Trinajstić information content (AvgIpc) is 2.23. The topological polar surface area (TPSA) is 52.6 Å². The Balaban J connectivity index is 4.32. The number of likely N-dealkylation sites (N-methyl/N-ethyl adjacent to an activating group) is 1. The van der Waals surface area contributed by atoms with Gasteiger partial charge in [0.25, 0.3) is 0 Å². The molecule has 1 atom stereocenters. The van der Waals surface area contributed by atoms with Crippen LogP contribution in [-0.4, -0.2) is 51.3 Å². The summed E-state index contributed by atoms with van der Waals surface area (Å²) in [5, 5.41) is -5.23. The lowest BCUT2D eigenvalue weighted by Crippen LogP contribution is -2.47. The van der Waals surface area contributed by atoms with Crippen LogP contribution in [0.2, 0.25) is 0 Å². The summed E-state index contributed by atoms with van der Waals surface area (Å²) in [5.41, 5.74) is 0. The Morgan fingerprint density at radius 2 is 1.71 bits per heavy atom. The van der Waals surface area contributed by atoms with Crippen LogP contribution in [0.15, 0.2) is 0 Å². The Bertz CT molecular complexity index is 261. The van der Waals surface area contributed by atoms with Crippen LogP contribution in [0.5, 0.6) is 0 Å². The molecule has 0 spiro atoms. The summed E-state index contributed by atoms with van der Waals surface area (Å²) in [4.78, 5) is 1.67.